The number of hydrogen-bond acceptors (Lipinski definition) is 2. The summed E-state index contributed by atoms with van der Waals surface area (Å²) in [5.41, 5.74) is 1.29. The fourth-order valence-electron chi connectivity index (χ4n) is 1.70. The van der Waals surface area contributed by atoms with Crippen molar-refractivity contribution in [1.29, 1.82) is 0 Å². The lowest BCUT2D eigenvalue weighted by Gasteiger charge is -2.07. The Morgan fingerprint density at radius 2 is 1.32 bits per heavy atom. The van der Waals surface area contributed by atoms with Crippen molar-refractivity contribution < 1.29 is 9.59 Å². The van der Waals surface area contributed by atoms with E-state index < -0.39 is 12.1 Å². The van der Waals surface area contributed by atoms with Crippen molar-refractivity contribution in [2.45, 2.75) is 6.92 Å². The van der Waals surface area contributed by atoms with Crippen LogP contribution in [0.15, 0.2) is 65.7 Å². The molecule has 0 unspecified atom stereocenters. The fraction of sp³-hybridized carbons (Fsp3) is 0.0625. The maximum atomic E-state index is 11.7. The summed E-state index contributed by atoms with van der Waals surface area (Å²) >= 11 is 0. The van der Waals surface area contributed by atoms with Crippen molar-refractivity contribution in [2.24, 2.45) is 4.99 Å². The lowest BCUT2D eigenvalue weighted by molar-refractivity contribution is 0.256. The number of carbonyl (C=O) groups excluding carboxylic acids is 2. The van der Waals surface area contributed by atoms with Crippen LogP contribution in [0.25, 0.3) is 0 Å². The first-order valence-corrected chi connectivity index (χ1v) is 6.68. The number of urea groups is 2. The molecule has 6 nitrogen and oxygen atoms in total. The summed E-state index contributed by atoms with van der Waals surface area (Å²) in [6, 6.07) is 16.9. The van der Waals surface area contributed by atoms with E-state index in [-0.39, 0.29) is 5.84 Å². The molecule has 3 N–H and O–H groups in total. The van der Waals surface area contributed by atoms with Crippen LogP contribution in [0.4, 0.5) is 21.0 Å². The van der Waals surface area contributed by atoms with E-state index in [2.05, 4.69) is 20.9 Å². The maximum Gasteiger partial charge on any atom is 0.347 e. The monoisotopic (exact) mass is 296 g/mol. The van der Waals surface area contributed by atoms with Gasteiger partial charge in [-0.2, -0.15) is 4.99 Å². The van der Waals surface area contributed by atoms with Crippen LogP contribution in [-0.2, 0) is 0 Å². The molecule has 0 aliphatic heterocycles. The quantitative estimate of drug-likeness (QED) is 0.586. The van der Waals surface area contributed by atoms with Gasteiger partial charge in [-0.3, -0.25) is 5.32 Å². The van der Waals surface area contributed by atoms with E-state index in [1.54, 1.807) is 36.4 Å². The van der Waals surface area contributed by atoms with Crippen molar-refractivity contribution in [3.05, 3.63) is 60.7 Å². The van der Waals surface area contributed by atoms with Gasteiger partial charge in [-0.25, -0.2) is 9.59 Å². The minimum Gasteiger partial charge on any atom is -0.308 e. The van der Waals surface area contributed by atoms with Crippen molar-refractivity contribution in [3.63, 3.8) is 0 Å². The van der Waals surface area contributed by atoms with Gasteiger partial charge in [0.15, 0.2) is 0 Å². The SMILES string of the molecule is CC(=NC(=O)Nc1ccccc1)NC(=O)Nc1ccccc1. The molecule has 2 aromatic carbocycles. The Morgan fingerprint density at radius 1 is 0.818 bits per heavy atom. The number of carbonyl (C=O) groups is 2. The Morgan fingerprint density at radius 3 is 1.86 bits per heavy atom. The van der Waals surface area contributed by atoms with Gasteiger partial charge in [-0.15, -0.1) is 0 Å². The predicted molar refractivity (Wildman–Crippen MR) is 87.2 cm³/mol. The molecular formula is C16H16N4O2. The summed E-state index contributed by atoms with van der Waals surface area (Å²) in [7, 11) is 0. The Balaban J connectivity index is 1.86. The zero-order valence-corrected chi connectivity index (χ0v) is 12.0. The van der Waals surface area contributed by atoms with E-state index in [1.807, 2.05) is 24.3 Å². The molecule has 2 rings (SSSR count). The first-order chi connectivity index (χ1) is 10.6. The number of nitrogens with zero attached hydrogens (tertiary/aromatic N) is 1. The molecule has 0 radical (unpaired) electrons. The number of rotatable bonds is 2. The highest BCUT2D eigenvalue weighted by Crippen LogP contribution is 2.05. The van der Waals surface area contributed by atoms with Crippen LogP contribution in [0.2, 0.25) is 0 Å². The standard InChI is InChI=1S/C16H16N4O2/c1-12(17-15(21)19-13-8-4-2-5-9-13)18-16(22)20-14-10-6-3-7-11-14/h2-11H,1H3,(H3,17,18,19,20,21,22). The van der Waals surface area contributed by atoms with Crippen molar-refractivity contribution in [3.8, 4) is 0 Å². The summed E-state index contributed by atoms with van der Waals surface area (Å²) < 4.78 is 0. The number of benzene rings is 2. The third-order valence-electron chi connectivity index (χ3n) is 2.62. The smallest absolute Gasteiger partial charge is 0.308 e. The highest BCUT2D eigenvalue weighted by molar-refractivity contribution is 6.07. The molecule has 112 valence electrons. The molecule has 0 bridgehead atoms. The molecule has 2 aromatic rings. The van der Waals surface area contributed by atoms with Crippen LogP contribution in [0.1, 0.15) is 6.92 Å². The van der Waals surface area contributed by atoms with Crippen LogP contribution in [0.3, 0.4) is 0 Å². The second-order valence-corrected chi connectivity index (χ2v) is 4.44. The molecule has 6 heteroatoms. The van der Waals surface area contributed by atoms with Crippen molar-refractivity contribution >= 4 is 29.3 Å². The number of amides is 4. The second kappa shape index (κ2) is 7.58. The van der Waals surface area contributed by atoms with E-state index in [9.17, 15) is 9.59 Å². The molecule has 0 aliphatic rings. The van der Waals surface area contributed by atoms with Gasteiger partial charge in [0, 0.05) is 11.4 Å². The molecule has 4 amide bonds. The molecule has 0 atom stereocenters. The number of para-hydroxylation sites is 2. The molecule has 22 heavy (non-hydrogen) atoms. The van der Waals surface area contributed by atoms with E-state index in [1.165, 1.54) is 6.92 Å². The average molecular weight is 296 g/mol. The van der Waals surface area contributed by atoms with Gasteiger partial charge in [0.05, 0.1) is 0 Å². The number of amidine groups is 1. The molecule has 0 aliphatic carbocycles. The average Bonchev–Trinajstić information content (AvgIpc) is 2.48. The summed E-state index contributed by atoms with van der Waals surface area (Å²) in [6.45, 7) is 1.54. The summed E-state index contributed by atoms with van der Waals surface area (Å²) in [5.74, 6) is 0.196. The molecule has 0 fully saturated rings. The van der Waals surface area contributed by atoms with E-state index in [0.29, 0.717) is 11.4 Å². The highest BCUT2D eigenvalue weighted by Gasteiger charge is 2.05. The Bertz CT molecular complexity index is 669. The molecule has 0 aromatic heterocycles. The van der Waals surface area contributed by atoms with Gasteiger partial charge in [-0.1, -0.05) is 36.4 Å². The number of anilines is 2. The number of aliphatic imine (C=N–C) groups is 1. The first-order valence-electron chi connectivity index (χ1n) is 6.68. The van der Waals surface area contributed by atoms with Gasteiger partial charge in [0.2, 0.25) is 0 Å². The molecule has 0 saturated carbocycles. The lowest BCUT2D eigenvalue weighted by Crippen LogP contribution is -2.33. The maximum absolute atomic E-state index is 11.7. The van der Waals surface area contributed by atoms with Gasteiger partial charge in [0.1, 0.15) is 5.84 Å². The number of nitrogens with one attached hydrogen (secondary N) is 3. The van der Waals surface area contributed by atoms with E-state index in [4.69, 9.17) is 0 Å². The molecule has 0 heterocycles. The summed E-state index contributed by atoms with van der Waals surface area (Å²) in [6.07, 6.45) is 0. The van der Waals surface area contributed by atoms with Crippen LogP contribution in [-0.4, -0.2) is 17.9 Å². The Kier molecular flexibility index (Phi) is 5.25. The van der Waals surface area contributed by atoms with Crippen LogP contribution in [0.5, 0.6) is 0 Å². The van der Waals surface area contributed by atoms with Gasteiger partial charge < -0.3 is 10.6 Å². The van der Waals surface area contributed by atoms with Crippen molar-refractivity contribution in [2.75, 3.05) is 10.6 Å². The highest BCUT2D eigenvalue weighted by atomic mass is 16.2. The van der Waals surface area contributed by atoms with Gasteiger partial charge >= 0.3 is 12.1 Å². The van der Waals surface area contributed by atoms with E-state index >= 15 is 0 Å². The summed E-state index contributed by atoms with van der Waals surface area (Å²) in [5, 5.41) is 7.71. The fourth-order valence-corrected chi connectivity index (χ4v) is 1.70. The van der Waals surface area contributed by atoms with Crippen LogP contribution >= 0.6 is 0 Å². The Hall–Kier alpha value is -3.15. The largest absolute Gasteiger partial charge is 0.347 e. The normalized spacial score (nSPS) is 10.7. The van der Waals surface area contributed by atoms with E-state index in [0.717, 1.165) is 0 Å². The van der Waals surface area contributed by atoms with Gasteiger partial charge in [-0.05, 0) is 31.2 Å². The third-order valence-corrected chi connectivity index (χ3v) is 2.62. The Labute approximate surface area is 128 Å². The van der Waals surface area contributed by atoms with Crippen LogP contribution < -0.4 is 16.0 Å². The zero-order chi connectivity index (χ0) is 15.8. The lowest BCUT2D eigenvalue weighted by atomic mass is 10.3. The topological polar surface area (TPSA) is 82.6 Å². The second-order valence-electron chi connectivity index (χ2n) is 4.44. The first kappa shape index (κ1) is 15.2. The molecule has 0 saturated heterocycles. The zero-order valence-electron chi connectivity index (χ0n) is 12.0. The van der Waals surface area contributed by atoms with Crippen LogP contribution in [0, 0.1) is 0 Å². The third kappa shape index (κ3) is 5.09. The minimum absolute atomic E-state index is 0.196. The molecule has 0 spiro atoms. The minimum atomic E-state index is -0.552. The molecular weight excluding hydrogens is 280 g/mol. The predicted octanol–water partition coefficient (Wildman–Crippen LogP) is 3.46. The van der Waals surface area contributed by atoms with Gasteiger partial charge in [0.25, 0.3) is 0 Å². The summed E-state index contributed by atoms with van der Waals surface area (Å²) in [4.78, 5) is 27.2. The van der Waals surface area contributed by atoms with Crippen molar-refractivity contribution in [1.82, 2.24) is 5.32 Å². The number of hydrogen-bond donors (Lipinski definition) is 3.